The minimum absolute atomic E-state index is 0.0186. The number of rotatable bonds is 5. The van der Waals surface area contributed by atoms with E-state index in [1.807, 2.05) is 5.38 Å². The Hall–Kier alpha value is -2.28. The summed E-state index contributed by atoms with van der Waals surface area (Å²) in [4.78, 5) is 15.1. The highest BCUT2D eigenvalue weighted by molar-refractivity contribution is 7.09. The molecule has 1 aromatic heterocycles. The van der Waals surface area contributed by atoms with Crippen molar-refractivity contribution in [3.63, 3.8) is 0 Å². The summed E-state index contributed by atoms with van der Waals surface area (Å²) in [6, 6.07) is 2.78. The number of nitrogens with two attached hydrogens (primary N) is 1. The highest BCUT2D eigenvalue weighted by Gasteiger charge is 2.15. The van der Waals surface area contributed by atoms with Crippen LogP contribution in [0.25, 0.3) is 0 Å². The largest absolute Gasteiger partial charge is 0.493 e. The van der Waals surface area contributed by atoms with Gasteiger partial charge in [0.05, 0.1) is 18.4 Å². The van der Waals surface area contributed by atoms with Gasteiger partial charge >= 0.3 is 5.97 Å². The number of anilines is 1. The fraction of sp³-hybridized carbons (Fsp3) is 0.167. The fourth-order valence-corrected chi connectivity index (χ4v) is 2.02. The van der Waals surface area contributed by atoms with Gasteiger partial charge in [-0.1, -0.05) is 0 Å². The van der Waals surface area contributed by atoms with Crippen LogP contribution in [0.4, 0.5) is 5.69 Å². The Morgan fingerprint density at radius 2 is 2.26 bits per heavy atom. The molecular formula is C12H12N2O4S. The number of carboxylic acids is 1. The second kappa shape index (κ2) is 5.57. The SMILES string of the molecule is COc1cc(N)c(C(=O)O)cc1OCc1nccs1. The number of methoxy groups -OCH3 is 1. The average molecular weight is 280 g/mol. The number of ether oxygens (including phenoxy) is 2. The van der Waals surface area contributed by atoms with Gasteiger partial charge in [0.15, 0.2) is 11.5 Å². The molecule has 0 unspecified atom stereocenters. The maximum absolute atomic E-state index is 11.0. The van der Waals surface area contributed by atoms with E-state index >= 15 is 0 Å². The van der Waals surface area contributed by atoms with Crippen molar-refractivity contribution in [2.75, 3.05) is 12.8 Å². The molecule has 7 heteroatoms. The standard InChI is InChI=1S/C12H12N2O4S/c1-17-9-5-8(13)7(12(15)16)4-10(9)18-6-11-14-2-3-19-11/h2-5H,6,13H2,1H3,(H,15,16). The topological polar surface area (TPSA) is 94.7 Å². The summed E-state index contributed by atoms with van der Waals surface area (Å²) in [6.45, 7) is 0.247. The first kappa shape index (κ1) is 13.2. The number of aromatic carboxylic acids is 1. The number of nitrogens with zero attached hydrogens (tertiary/aromatic N) is 1. The van der Waals surface area contributed by atoms with Crippen LogP contribution in [-0.4, -0.2) is 23.2 Å². The molecule has 0 aliphatic heterocycles. The lowest BCUT2D eigenvalue weighted by Gasteiger charge is -2.12. The van der Waals surface area contributed by atoms with E-state index in [1.165, 1.54) is 30.6 Å². The van der Waals surface area contributed by atoms with E-state index in [0.29, 0.717) is 11.5 Å². The van der Waals surface area contributed by atoms with Gasteiger partial charge in [-0.05, 0) is 0 Å². The van der Waals surface area contributed by atoms with Gasteiger partial charge in [-0.25, -0.2) is 9.78 Å². The lowest BCUT2D eigenvalue weighted by atomic mass is 10.1. The second-order valence-electron chi connectivity index (χ2n) is 3.61. The van der Waals surface area contributed by atoms with Crippen molar-refractivity contribution in [1.29, 1.82) is 0 Å². The minimum Gasteiger partial charge on any atom is -0.493 e. The van der Waals surface area contributed by atoms with Crippen molar-refractivity contribution in [3.05, 3.63) is 34.3 Å². The van der Waals surface area contributed by atoms with E-state index < -0.39 is 5.97 Å². The quantitative estimate of drug-likeness (QED) is 0.813. The third-order valence-corrected chi connectivity index (χ3v) is 3.15. The molecule has 0 spiro atoms. The van der Waals surface area contributed by atoms with E-state index in [2.05, 4.69) is 4.98 Å². The summed E-state index contributed by atoms with van der Waals surface area (Å²) in [5.74, 6) is -0.400. The van der Waals surface area contributed by atoms with Gasteiger partial charge < -0.3 is 20.3 Å². The molecule has 100 valence electrons. The molecule has 1 heterocycles. The van der Waals surface area contributed by atoms with Crippen LogP contribution in [0.1, 0.15) is 15.4 Å². The molecule has 0 saturated carbocycles. The molecule has 6 nitrogen and oxygen atoms in total. The van der Waals surface area contributed by atoms with Crippen LogP contribution < -0.4 is 15.2 Å². The Labute approximate surface area is 113 Å². The highest BCUT2D eigenvalue weighted by Crippen LogP contribution is 2.32. The number of hydrogen-bond donors (Lipinski definition) is 2. The van der Waals surface area contributed by atoms with Crippen molar-refractivity contribution >= 4 is 23.0 Å². The normalized spacial score (nSPS) is 10.2. The van der Waals surface area contributed by atoms with Gasteiger partial charge in [-0.3, -0.25) is 0 Å². The molecule has 0 aliphatic rings. The molecule has 0 amide bonds. The van der Waals surface area contributed by atoms with E-state index in [0.717, 1.165) is 5.01 Å². The Kier molecular flexibility index (Phi) is 3.86. The highest BCUT2D eigenvalue weighted by atomic mass is 32.1. The summed E-state index contributed by atoms with van der Waals surface area (Å²) >= 11 is 1.45. The van der Waals surface area contributed by atoms with E-state index in [1.54, 1.807) is 6.20 Å². The Morgan fingerprint density at radius 3 is 2.84 bits per heavy atom. The minimum atomic E-state index is -1.11. The Morgan fingerprint density at radius 1 is 1.47 bits per heavy atom. The first-order valence-corrected chi connectivity index (χ1v) is 6.21. The molecule has 19 heavy (non-hydrogen) atoms. The maximum atomic E-state index is 11.0. The van der Waals surface area contributed by atoms with Crippen LogP contribution in [0.3, 0.4) is 0 Å². The predicted molar refractivity (Wildman–Crippen MR) is 70.8 cm³/mol. The van der Waals surface area contributed by atoms with Gasteiger partial charge in [-0.2, -0.15) is 0 Å². The zero-order valence-corrected chi connectivity index (χ0v) is 10.9. The number of benzene rings is 1. The summed E-state index contributed by atoms with van der Waals surface area (Å²) < 4.78 is 10.6. The molecule has 0 fully saturated rings. The fourth-order valence-electron chi connectivity index (χ4n) is 1.50. The van der Waals surface area contributed by atoms with Gasteiger partial charge in [0.2, 0.25) is 0 Å². The average Bonchev–Trinajstić information content (AvgIpc) is 2.89. The van der Waals surface area contributed by atoms with Crippen LogP contribution in [0.2, 0.25) is 0 Å². The van der Waals surface area contributed by atoms with Crippen molar-refractivity contribution in [2.45, 2.75) is 6.61 Å². The molecule has 2 aromatic rings. The summed E-state index contributed by atoms with van der Waals surface area (Å²) in [7, 11) is 1.46. The van der Waals surface area contributed by atoms with Crippen LogP contribution in [0.5, 0.6) is 11.5 Å². The zero-order chi connectivity index (χ0) is 13.8. The van der Waals surface area contributed by atoms with Gasteiger partial charge in [0.1, 0.15) is 11.6 Å². The first-order valence-electron chi connectivity index (χ1n) is 5.33. The summed E-state index contributed by atoms with van der Waals surface area (Å²) in [6.07, 6.45) is 1.67. The maximum Gasteiger partial charge on any atom is 0.337 e. The number of thiazole rings is 1. The van der Waals surface area contributed by atoms with Gasteiger partial charge in [0, 0.05) is 23.7 Å². The van der Waals surface area contributed by atoms with Crippen LogP contribution in [0.15, 0.2) is 23.7 Å². The number of carbonyl (C=O) groups is 1. The Bertz CT molecular complexity index is 584. The molecule has 0 saturated heterocycles. The molecule has 0 aliphatic carbocycles. The third-order valence-electron chi connectivity index (χ3n) is 2.40. The lowest BCUT2D eigenvalue weighted by molar-refractivity contribution is 0.0697. The molecule has 0 radical (unpaired) electrons. The van der Waals surface area contributed by atoms with Gasteiger partial charge in [-0.15, -0.1) is 11.3 Å². The first-order chi connectivity index (χ1) is 9.11. The smallest absolute Gasteiger partial charge is 0.337 e. The molecule has 2 rings (SSSR count). The molecule has 1 aromatic carbocycles. The van der Waals surface area contributed by atoms with Crippen molar-refractivity contribution in [1.82, 2.24) is 4.98 Å². The molecule has 0 bridgehead atoms. The monoisotopic (exact) mass is 280 g/mol. The summed E-state index contributed by atoms with van der Waals surface area (Å²) in [5.41, 5.74) is 5.74. The van der Waals surface area contributed by atoms with Crippen LogP contribution in [-0.2, 0) is 6.61 Å². The van der Waals surface area contributed by atoms with E-state index in [-0.39, 0.29) is 17.9 Å². The van der Waals surface area contributed by atoms with E-state index in [4.69, 9.17) is 20.3 Å². The molecule has 3 N–H and O–H groups in total. The number of hydrogen-bond acceptors (Lipinski definition) is 6. The van der Waals surface area contributed by atoms with Crippen LogP contribution >= 0.6 is 11.3 Å². The number of nitrogen functional groups attached to an aromatic ring is 1. The number of carboxylic acid groups (broad SMARTS) is 1. The number of aromatic nitrogens is 1. The lowest BCUT2D eigenvalue weighted by Crippen LogP contribution is -2.05. The zero-order valence-electron chi connectivity index (χ0n) is 10.1. The van der Waals surface area contributed by atoms with Crippen molar-refractivity contribution < 1.29 is 19.4 Å². The summed E-state index contributed by atoms with van der Waals surface area (Å²) in [5, 5.41) is 11.6. The van der Waals surface area contributed by atoms with Gasteiger partial charge in [0.25, 0.3) is 0 Å². The third kappa shape index (κ3) is 2.94. The Balaban J connectivity index is 2.26. The van der Waals surface area contributed by atoms with Crippen molar-refractivity contribution in [2.24, 2.45) is 0 Å². The molecular weight excluding hydrogens is 268 g/mol. The van der Waals surface area contributed by atoms with E-state index in [9.17, 15) is 4.79 Å². The molecule has 0 atom stereocenters. The second-order valence-corrected chi connectivity index (χ2v) is 4.59. The van der Waals surface area contributed by atoms with Crippen molar-refractivity contribution in [3.8, 4) is 11.5 Å². The van der Waals surface area contributed by atoms with Crippen LogP contribution in [0, 0.1) is 0 Å². The predicted octanol–water partition coefficient (Wildman–Crippen LogP) is 2.01.